The lowest BCUT2D eigenvalue weighted by Gasteiger charge is -2.21. The summed E-state index contributed by atoms with van der Waals surface area (Å²) in [7, 11) is 0. The third kappa shape index (κ3) is 3.10. The van der Waals surface area contributed by atoms with Crippen LogP contribution in [0.15, 0.2) is 28.7 Å². The molecule has 1 aliphatic carbocycles. The Bertz CT molecular complexity index is 348. The minimum Gasteiger partial charge on any atom is -0.0884 e. The lowest BCUT2D eigenvalue weighted by atomic mass is 9.91. The molecular formula is C14H18Br2. The topological polar surface area (TPSA) is 0 Å². The highest BCUT2D eigenvalue weighted by atomic mass is 79.9. The van der Waals surface area contributed by atoms with E-state index in [4.69, 9.17) is 0 Å². The van der Waals surface area contributed by atoms with Crippen LogP contribution in [0.25, 0.3) is 0 Å². The Morgan fingerprint density at radius 3 is 2.81 bits per heavy atom. The molecule has 1 saturated carbocycles. The van der Waals surface area contributed by atoms with Gasteiger partial charge in [0.05, 0.1) is 0 Å². The molecule has 3 unspecified atom stereocenters. The number of benzene rings is 1. The molecule has 0 N–H and O–H groups in total. The molecule has 1 aromatic rings. The second-order valence-corrected chi connectivity index (χ2v) is 7.01. The summed E-state index contributed by atoms with van der Waals surface area (Å²) < 4.78 is 1.18. The summed E-state index contributed by atoms with van der Waals surface area (Å²) in [5.41, 5.74) is 1.43. The van der Waals surface area contributed by atoms with Gasteiger partial charge in [0.25, 0.3) is 0 Å². The van der Waals surface area contributed by atoms with E-state index in [2.05, 4.69) is 63.0 Å². The maximum Gasteiger partial charge on any atom is 0.0216 e. The molecule has 0 bridgehead atoms. The fourth-order valence-electron chi connectivity index (χ4n) is 2.75. The van der Waals surface area contributed by atoms with Crippen LogP contribution in [0.1, 0.15) is 31.7 Å². The maximum atomic E-state index is 3.89. The molecule has 0 spiro atoms. The van der Waals surface area contributed by atoms with Gasteiger partial charge in [-0.15, -0.1) is 0 Å². The standard InChI is InChI=1S/C14H18Br2/c1-10-4-2-7-13(10)14(16)9-11-5-3-6-12(15)8-11/h3,5-6,8,10,13-14H,2,4,7,9H2,1H3. The van der Waals surface area contributed by atoms with Crippen molar-refractivity contribution in [2.75, 3.05) is 0 Å². The Kier molecular flexibility index (Phi) is 4.48. The van der Waals surface area contributed by atoms with Crippen LogP contribution in [0.4, 0.5) is 0 Å². The van der Waals surface area contributed by atoms with Crippen molar-refractivity contribution in [1.82, 2.24) is 0 Å². The lowest BCUT2D eigenvalue weighted by Crippen LogP contribution is -2.19. The summed E-state index contributed by atoms with van der Waals surface area (Å²) in [6.07, 6.45) is 5.36. The molecule has 2 rings (SSSR count). The first-order valence-electron chi connectivity index (χ1n) is 6.05. The summed E-state index contributed by atoms with van der Waals surface area (Å²) in [6.45, 7) is 2.40. The van der Waals surface area contributed by atoms with Crippen molar-refractivity contribution in [2.45, 2.75) is 37.4 Å². The molecule has 0 radical (unpaired) electrons. The SMILES string of the molecule is CC1CCCC1C(Br)Cc1cccc(Br)c1. The van der Waals surface area contributed by atoms with Crippen molar-refractivity contribution >= 4 is 31.9 Å². The zero-order valence-corrected chi connectivity index (χ0v) is 12.8. The van der Waals surface area contributed by atoms with Crippen LogP contribution in [-0.2, 0) is 6.42 Å². The molecule has 1 aliphatic rings. The van der Waals surface area contributed by atoms with E-state index in [1.165, 1.54) is 29.3 Å². The van der Waals surface area contributed by atoms with Crippen molar-refractivity contribution in [1.29, 1.82) is 0 Å². The van der Waals surface area contributed by atoms with Crippen LogP contribution in [0.5, 0.6) is 0 Å². The van der Waals surface area contributed by atoms with Crippen molar-refractivity contribution in [3.63, 3.8) is 0 Å². The van der Waals surface area contributed by atoms with Gasteiger partial charge in [-0.25, -0.2) is 0 Å². The van der Waals surface area contributed by atoms with Gasteiger partial charge in [0.15, 0.2) is 0 Å². The monoisotopic (exact) mass is 344 g/mol. The molecule has 0 aromatic heterocycles. The zero-order valence-electron chi connectivity index (χ0n) is 9.63. The highest BCUT2D eigenvalue weighted by Crippen LogP contribution is 2.37. The molecule has 88 valence electrons. The number of halogens is 2. The third-order valence-electron chi connectivity index (χ3n) is 3.71. The zero-order chi connectivity index (χ0) is 11.5. The summed E-state index contributed by atoms with van der Waals surface area (Å²) in [4.78, 5) is 0.638. The quantitative estimate of drug-likeness (QED) is 0.661. The van der Waals surface area contributed by atoms with Gasteiger partial charge in [0, 0.05) is 9.30 Å². The normalized spacial score (nSPS) is 26.9. The predicted molar refractivity (Wildman–Crippen MR) is 77.1 cm³/mol. The molecule has 3 atom stereocenters. The maximum absolute atomic E-state index is 3.89. The van der Waals surface area contributed by atoms with Gasteiger partial charge in [-0.1, -0.05) is 63.8 Å². The van der Waals surface area contributed by atoms with Gasteiger partial charge in [-0.05, 0) is 42.4 Å². The van der Waals surface area contributed by atoms with E-state index < -0.39 is 0 Å². The number of alkyl halides is 1. The van der Waals surface area contributed by atoms with Crippen LogP contribution in [0, 0.1) is 11.8 Å². The van der Waals surface area contributed by atoms with Crippen LogP contribution in [-0.4, -0.2) is 4.83 Å². The Morgan fingerprint density at radius 2 is 2.19 bits per heavy atom. The minimum atomic E-state index is 0.638. The second kappa shape index (κ2) is 5.68. The highest BCUT2D eigenvalue weighted by molar-refractivity contribution is 9.10. The van der Waals surface area contributed by atoms with Gasteiger partial charge >= 0.3 is 0 Å². The Balaban J connectivity index is 1.99. The number of rotatable bonds is 3. The van der Waals surface area contributed by atoms with E-state index in [-0.39, 0.29) is 0 Å². The van der Waals surface area contributed by atoms with Crippen LogP contribution < -0.4 is 0 Å². The summed E-state index contributed by atoms with van der Waals surface area (Å²) in [5.74, 6) is 1.75. The first-order valence-corrected chi connectivity index (χ1v) is 7.76. The van der Waals surface area contributed by atoms with E-state index in [1.54, 1.807) is 0 Å². The lowest BCUT2D eigenvalue weighted by molar-refractivity contribution is 0.407. The average Bonchev–Trinajstić information content (AvgIpc) is 2.64. The molecular weight excluding hydrogens is 328 g/mol. The molecule has 2 heteroatoms. The Labute approximate surface area is 115 Å². The van der Waals surface area contributed by atoms with E-state index in [9.17, 15) is 0 Å². The Morgan fingerprint density at radius 1 is 1.38 bits per heavy atom. The fourth-order valence-corrected chi connectivity index (χ4v) is 4.36. The van der Waals surface area contributed by atoms with Crippen LogP contribution >= 0.6 is 31.9 Å². The fraction of sp³-hybridized carbons (Fsp3) is 0.571. The average molecular weight is 346 g/mol. The summed E-state index contributed by atoms with van der Waals surface area (Å²) in [6, 6.07) is 8.66. The van der Waals surface area contributed by atoms with E-state index in [0.717, 1.165) is 18.3 Å². The number of hydrogen-bond donors (Lipinski definition) is 0. The molecule has 1 aromatic carbocycles. The molecule has 0 heterocycles. The van der Waals surface area contributed by atoms with Gasteiger partial charge in [0.2, 0.25) is 0 Å². The van der Waals surface area contributed by atoms with Gasteiger partial charge in [-0.3, -0.25) is 0 Å². The summed E-state index contributed by atoms with van der Waals surface area (Å²) in [5, 5.41) is 0. The molecule has 0 amide bonds. The molecule has 16 heavy (non-hydrogen) atoms. The third-order valence-corrected chi connectivity index (χ3v) is 5.21. The minimum absolute atomic E-state index is 0.638. The van der Waals surface area contributed by atoms with Crippen LogP contribution in [0.2, 0.25) is 0 Å². The first-order chi connectivity index (χ1) is 7.66. The van der Waals surface area contributed by atoms with Crippen LogP contribution in [0.3, 0.4) is 0 Å². The Hall–Kier alpha value is 0.180. The van der Waals surface area contributed by atoms with E-state index >= 15 is 0 Å². The molecule has 0 nitrogen and oxygen atoms in total. The summed E-state index contributed by atoms with van der Waals surface area (Å²) >= 11 is 7.42. The first kappa shape index (κ1) is 12.6. The van der Waals surface area contributed by atoms with Gasteiger partial charge < -0.3 is 0 Å². The van der Waals surface area contributed by atoms with Gasteiger partial charge in [-0.2, -0.15) is 0 Å². The van der Waals surface area contributed by atoms with Crippen molar-refractivity contribution in [3.05, 3.63) is 34.3 Å². The van der Waals surface area contributed by atoms with E-state index in [0.29, 0.717) is 4.83 Å². The smallest absolute Gasteiger partial charge is 0.0216 e. The molecule has 1 fully saturated rings. The van der Waals surface area contributed by atoms with E-state index in [1.807, 2.05) is 0 Å². The van der Waals surface area contributed by atoms with Gasteiger partial charge in [0.1, 0.15) is 0 Å². The molecule has 0 saturated heterocycles. The second-order valence-electron chi connectivity index (χ2n) is 4.92. The van der Waals surface area contributed by atoms with Crippen molar-refractivity contribution in [2.24, 2.45) is 11.8 Å². The predicted octanol–water partition coefficient (Wildman–Crippen LogP) is 5.19. The molecule has 0 aliphatic heterocycles. The van der Waals surface area contributed by atoms with Crippen molar-refractivity contribution < 1.29 is 0 Å². The van der Waals surface area contributed by atoms with Crippen molar-refractivity contribution in [3.8, 4) is 0 Å². The highest BCUT2D eigenvalue weighted by Gasteiger charge is 2.29. The largest absolute Gasteiger partial charge is 0.0884 e. The number of hydrogen-bond acceptors (Lipinski definition) is 0.